The molecule has 1 fully saturated rings. The third-order valence-corrected chi connectivity index (χ3v) is 3.94. The molecule has 2 rings (SSSR count). The van der Waals surface area contributed by atoms with E-state index in [0.29, 0.717) is 10.4 Å². The van der Waals surface area contributed by atoms with E-state index in [4.69, 9.17) is 11.6 Å². The first-order chi connectivity index (χ1) is 7.25. The average molecular weight is 244 g/mol. The van der Waals surface area contributed by atoms with Crippen molar-refractivity contribution in [3.8, 4) is 0 Å². The van der Waals surface area contributed by atoms with Gasteiger partial charge in [-0.05, 0) is 26.3 Å². The van der Waals surface area contributed by atoms with Gasteiger partial charge in [-0.2, -0.15) is 0 Å². The quantitative estimate of drug-likeness (QED) is 0.639. The van der Waals surface area contributed by atoms with Crippen LogP contribution in [-0.4, -0.2) is 28.3 Å². The SMILES string of the molecule is Cc1cnc(S[C@H]2CCCNC2)nc1Cl. The molecule has 0 aromatic carbocycles. The van der Waals surface area contributed by atoms with Gasteiger partial charge in [-0.15, -0.1) is 0 Å². The molecule has 1 aliphatic heterocycles. The van der Waals surface area contributed by atoms with E-state index in [1.165, 1.54) is 12.8 Å². The van der Waals surface area contributed by atoms with E-state index in [0.717, 1.165) is 23.8 Å². The smallest absolute Gasteiger partial charge is 0.189 e. The van der Waals surface area contributed by atoms with Crippen LogP contribution < -0.4 is 5.32 Å². The van der Waals surface area contributed by atoms with Crippen molar-refractivity contribution in [2.24, 2.45) is 0 Å². The molecule has 3 nitrogen and oxygen atoms in total. The number of thioether (sulfide) groups is 1. The van der Waals surface area contributed by atoms with Crippen LogP contribution in [0.3, 0.4) is 0 Å². The Labute approximate surface area is 99.0 Å². The molecule has 82 valence electrons. The third kappa shape index (κ3) is 3.06. The minimum absolute atomic E-state index is 0.566. The van der Waals surface area contributed by atoms with Crippen molar-refractivity contribution in [3.63, 3.8) is 0 Å². The van der Waals surface area contributed by atoms with Gasteiger partial charge in [-0.25, -0.2) is 9.97 Å². The molecule has 15 heavy (non-hydrogen) atoms. The molecule has 0 spiro atoms. The fourth-order valence-electron chi connectivity index (χ4n) is 1.53. The molecule has 2 heterocycles. The van der Waals surface area contributed by atoms with Gasteiger partial charge in [0.1, 0.15) is 5.15 Å². The lowest BCUT2D eigenvalue weighted by molar-refractivity contribution is 0.530. The maximum atomic E-state index is 5.95. The Morgan fingerprint density at radius 3 is 3.13 bits per heavy atom. The summed E-state index contributed by atoms with van der Waals surface area (Å²) in [5.41, 5.74) is 0.933. The number of aromatic nitrogens is 2. The first kappa shape index (κ1) is 11.2. The van der Waals surface area contributed by atoms with Crippen LogP contribution in [0, 0.1) is 6.92 Å². The standard InChI is InChI=1S/C10H14ClN3S/c1-7-5-13-10(14-9(7)11)15-8-3-2-4-12-6-8/h5,8,12H,2-4,6H2,1H3/t8-/m0/s1. The fraction of sp³-hybridized carbons (Fsp3) is 0.600. The largest absolute Gasteiger partial charge is 0.316 e. The van der Waals surface area contributed by atoms with Crippen molar-refractivity contribution in [2.45, 2.75) is 30.2 Å². The van der Waals surface area contributed by atoms with E-state index >= 15 is 0 Å². The summed E-state index contributed by atoms with van der Waals surface area (Å²) in [5.74, 6) is 0. The first-order valence-corrected chi connectivity index (χ1v) is 6.38. The molecule has 0 unspecified atom stereocenters. The molecule has 1 aliphatic rings. The van der Waals surface area contributed by atoms with Crippen LogP contribution >= 0.6 is 23.4 Å². The van der Waals surface area contributed by atoms with Gasteiger partial charge in [0.15, 0.2) is 5.16 Å². The number of aryl methyl sites for hydroxylation is 1. The molecule has 0 saturated carbocycles. The van der Waals surface area contributed by atoms with E-state index in [1.807, 2.05) is 6.92 Å². The van der Waals surface area contributed by atoms with Gasteiger partial charge in [-0.3, -0.25) is 0 Å². The zero-order chi connectivity index (χ0) is 10.7. The first-order valence-electron chi connectivity index (χ1n) is 5.12. The summed E-state index contributed by atoms with van der Waals surface area (Å²) in [6.45, 7) is 4.09. The fourth-order valence-corrected chi connectivity index (χ4v) is 2.75. The van der Waals surface area contributed by atoms with Gasteiger partial charge in [0.2, 0.25) is 0 Å². The number of hydrogen-bond donors (Lipinski definition) is 1. The van der Waals surface area contributed by atoms with Gasteiger partial charge in [0, 0.05) is 23.6 Å². The highest BCUT2D eigenvalue weighted by atomic mass is 35.5. The van der Waals surface area contributed by atoms with Gasteiger partial charge in [-0.1, -0.05) is 23.4 Å². The summed E-state index contributed by atoms with van der Waals surface area (Å²) in [6, 6.07) is 0. The highest BCUT2D eigenvalue weighted by Gasteiger charge is 2.15. The summed E-state index contributed by atoms with van der Waals surface area (Å²) in [5, 5.41) is 5.31. The van der Waals surface area contributed by atoms with Crippen LogP contribution in [-0.2, 0) is 0 Å². The number of nitrogens with zero attached hydrogens (tertiary/aromatic N) is 2. The molecule has 0 amide bonds. The molecule has 1 atom stereocenters. The number of halogens is 1. The second-order valence-corrected chi connectivity index (χ2v) is 5.34. The number of rotatable bonds is 2. The van der Waals surface area contributed by atoms with E-state index in [2.05, 4.69) is 15.3 Å². The number of nitrogens with one attached hydrogen (secondary N) is 1. The van der Waals surface area contributed by atoms with Crippen molar-refractivity contribution in [2.75, 3.05) is 13.1 Å². The van der Waals surface area contributed by atoms with Gasteiger partial charge in [0.25, 0.3) is 0 Å². The Balaban J connectivity index is 2.00. The lowest BCUT2D eigenvalue weighted by Crippen LogP contribution is -2.31. The van der Waals surface area contributed by atoms with Crippen LogP contribution in [0.5, 0.6) is 0 Å². The van der Waals surface area contributed by atoms with Crippen LogP contribution in [0.25, 0.3) is 0 Å². The summed E-state index contributed by atoms with van der Waals surface area (Å²) >= 11 is 7.67. The Hall–Kier alpha value is -0.320. The molecule has 1 aromatic heterocycles. The van der Waals surface area contributed by atoms with E-state index in [1.54, 1.807) is 18.0 Å². The van der Waals surface area contributed by atoms with Crippen molar-refractivity contribution < 1.29 is 0 Å². The molecule has 1 aromatic rings. The molecule has 1 saturated heterocycles. The van der Waals surface area contributed by atoms with Crippen LogP contribution in [0.2, 0.25) is 5.15 Å². The summed E-state index contributed by atoms with van der Waals surface area (Å²) < 4.78 is 0. The Bertz CT molecular complexity index is 339. The minimum Gasteiger partial charge on any atom is -0.316 e. The van der Waals surface area contributed by atoms with Gasteiger partial charge in [0.05, 0.1) is 0 Å². The predicted molar refractivity (Wildman–Crippen MR) is 63.5 cm³/mol. The van der Waals surface area contributed by atoms with E-state index < -0.39 is 0 Å². The summed E-state index contributed by atoms with van der Waals surface area (Å²) in [4.78, 5) is 8.53. The van der Waals surface area contributed by atoms with Crippen LogP contribution in [0.4, 0.5) is 0 Å². The van der Waals surface area contributed by atoms with E-state index in [-0.39, 0.29) is 0 Å². The van der Waals surface area contributed by atoms with Crippen LogP contribution in [0.1, 0.15) is 18.4 Å². The van der Waals surface area contributed by atoms with E-state index in [9.17, 15) is 0 Å². The average Bonchev–Trinajstić information content (AvgIpc) is 2.25. The monoisotopic (exact) mass is 243 g/mol. The Morgan fingerprint density at radius 1 is 1.60 bits per heavy atom. The van der Waals surface area contributed by atoms with Crippen molar-refractivity contribution in [3.05, 3.63) is 16.9 Å². The molecule has 0 radical (unpaired) electrons. The van der Waals surface area contributed by atoms with Crippen molar-refractivity contribution in [1.82, 2.24) is 15.3 Å². The molecule has 0 aliphatic carbocycles. The lowest BCUT2D eigenvalue weighted by atomic mass is 10.2. The molecule has 5 heteroatoms. The maximum absolute atomic E-state index is 5.95. The molecule has 1 N–H and O–H groups in total. The highest BCUT2D eigenvalue weighted by Crippen LogP contribution is 2.25. The van der Waals surface area contributed by atoms with Gasteiger partial charge < -0.3 is 5.32 Å². The minimum atomic E-state index is 0.566. The summed E-state index contributed by atoms with van der Waals surface area (Å²) in [6.07, 6.45) is 4.25. The predicted octanol–water partition coefficient (Wildman–Crippen LogP) is 2.28. The summed E-state index contributed by atoms with van der Waals surface area (Å²) in [7, 11) is 0. The molecular weight excluding hydrogens is 230 g/mol. The van der Waals surface area contributed by atoms with Crippen LogP contribution in [0.15, 0.2) is 11.4 Å². The zero-order valence-corrected chi connectivity index (χ0v) is 10.2. The second kappa shape index (κ2) is 5.14. The second-order valence-electron chi connectivity index (χ2n) is 3.71. The van der Waals surface area contributed by atoms with Crippen molar-refractivity contribution >= 4 is 23.4 Å². The third-order valence-electron chi connectivity index (χ3n) is 2.41. The number of hydrogen-bond acceptors (Lipinski definition) is 4. The topological polar surface area (TPSA) is 37.8 Å². The Kier molecular flexibility index (Phi) is 3.83. The number of piperidine rings is 1. The molecule has 0 bridgehead atoms. The normalized spacial score (nSPS) is 21.6. The molecular formula is C10H14ClN3S. The van der Waals surface area contributed by atoms with Gasteiger partial charge >= 0.3 is 0 Å². The highest BCUT2D eigenvalue weighted by molar-refractivity contribution is 7.99. The zero-order valence-electron chi connectivity index (χ0n) is 8.66. The van der Waals surface area contributed by atoms with Crippen molar-refractivity contribution in [1.29, 1.82) is 0 Å². The Morgan fingerprint density at radius 2 is 2.47 bits per heavy atom. The lowest BCUT2D eigenvalue weighted by Gasteiger charge is -2.21. The maximum Gasteiger partial charge on any atom is 0.189 e.